The Morgan fingerprint density at radius 2 is 1.96 bits per heavy atom. The summed E-state index contributed by atoms with van der Waals surface area (Å²) in [4.78, 5) is 23.0. The molecule has 3 amide bonds. The van der Waals surface area contributed by atoms with E-state index in [9.17, 15) is 9.59 Å². The summed E-state index contributed by atoms with van der Waals surface area (Å²) in [5, 5.41) is 12.9. The highest BCUT2D eigenvalue weighted by atomic mass is 32.2. The number of hydrogen-bond donors (Lipinski definition) is 2. The Labute approximate surface area is 138 Å². The third-order valence-corrected chi connectivity index (χ3v) is 3.46. The van der Waals surface area contributed by atoms with Crippen LogP contribution in [-0.2, 0) is 11.2 Å². The van der Waals surface area contributed by atoms with Gasteiger partial charge in [-0.15, -0.1) is 10.2 Å². The summed E-state index contributed by atoms with van der Waals surface area (Å²) < 4.78 is 5.47. The van der Waals surface area contributed by atoms with E-state index in [0.29, 0.717) is 17.5 Å². The molecular formula is C15H18N4O3S. The molecule has 0 aliphatic heterocycles. The highest BCUT2D eigenvalue weighted by molar-refractivity contribution is 7.99. The fourth-order valence-electron chi connectivity index (χ4n) is 1.73. The maximum absolute atomic E-state index is 11.6. The van der Waals surface area contributed by atoms with Gasteiger partial charge in [-0.1, -0.05) is 42.1 Å². The van der Waals surface area contributed by atoms with Crippen LogP contribution in [-0.4, -0.2) is 33.9 Å². The monoisotopic (exact) mass is 334 g/mol. The van der Waals surface area contributed by atoms with E-state index in [-0.39, 0.29) is 11.8 Å². The molecule has 1 heterocycles. The molecule has 0 fully saturated rings. The van der Waals surface area contributed by atoms with Gasteiger partial charge in [-0.3, -0.25) is 10.1 Å². The molecule has 0 saturated heterocycles. The molecule has 8 heteroatoms. The predicted molar refractivity (Wildman–Crippen MR) is 86.1 cm³/mol. The third kappa shape index (κ3) is 6.11. The number of nitrogens with zero attached hydrogens (tertiary/aromatic N) is 2. The van der Waals surface area contributed by atoms with E-state index in [4.69, 9.17) is 4.42 Å². The summed E-state index contributed by atoms with van der Waals surface area (Å²) in [6.45, 7) is 3.62. The second-order valence-corrected chi connectivity index (χ2v) is 6.02. The molecule has 122 valence electrons. The van der Waals surface area contributed by atoms with Gasteiger partial charge in [0.25, 0.3) is 5.22 Å². The molecule has 2 rings (SSSR count). The molecule has 2 aromatic rings. The number of nitrogens with one attached hydrogen (secondary N) is 2. The minimum absolute atomic E-state index is 0.0263. The Morgan fingerprint density at radius 3 is 2.65 bits per heavy atom. The van der Waals surface area contributed by atoms with Crippen LogP contribution < -0.4 is 10.6 Å². The Bertz CT molecular complexity index is 658. The van der Waals surface area contributed by atoms with Crippen molar-refractivity contribution in [2.75, 3.05) is 5.75 Å². The zero-order valence-corrected chi connectivity index (χ0v) is 13.7. The number of benzene rings is 1. The zero-order valence-electron chi connectivity index (χ0n) is 12.9. The van der Waals surface area contributed by atoms with E-state index in [0.717, 1.165) is 17.3 Å². The van der Waals surface area contributed by atoms with Crippen LogP contribution in [0.4, 0.5) is 4.79 Å². The van der Waals surface area contributed by atoms with Crippen molar-refractivity contribution in [1.29, 1.82) is 0 Å². The van der Waals surface area contributed by atoms with Crippen molar-refractivity contribution in [2.24, 2.45) is 0 Å². The third-order valence-electron chi connectivity index (χ3n) is 2.65. The smallest absolute Gasteiger partial charge is 0.321 e. The largest absolute Gasteiger partial charge is 0.416 e. The van der Waals surface area contributed by atoms with Gasteiger partial charge in [0.15, 0.2) is 0 Å². The van der Waals surface area contributed by atoms with Gasteiger partial charge in [0, 0.05) is 6.04 Å². The Balaban J connectivity index is 1.78. The van der Waals surface area contributed by atoms with Gasteiger partial charge in [0.2, 0.25) is 11.8 Å². The topological polar surface area (TPSA) is 97.1 Å². The predicted octanol–water partition coefficient (Wildman–Crippen LogP) is 1.99. The summed E-state index contributed by atoms with van der Waals surface area (Å²) in [7, 11) is 0. The van der Waals surface area contributed by atoms with Gasteiger partial charge >= 0.3 is 6.03 Å². The molecule has 0 radical (unpaired) electrons. The normalized spacial score (nSPS) is 10.6. The van der Waals surface area contributed by atoms with E-state index in [2.05, 4.69) is 20.8 Å². The lowest BCUT2D eigenvalue weighted by atomic mass is 10.2. The second-order valence-electron chi connectivity index (χ2n) is 5.09. The summed E-state index contributed by atoms with van der Waals surface area (Å²) in [6, 6.07) is 9.21. The molecule has 23 heavy (non-hydrogen) atoms. The van der Waals surface area contributed by atoms with Gasteiger partial charge in [-0.25, -0.2) is 4.79 Å². The highest BCUT2D eigenvalue weighted by Crippen LogP contribution is 2.17. The first-order chi connectivity index (χ1) is 11.0. The van der Waals surface area contributed by atoms with Crippen LogP contribution in [0.2, 0.25) is 0 Å². The molecular weight excluding hydrogens is 316 g/mol. The quantitative estimate of drug-likeness (QED) is 0.784. The lowest BCUT2D eigenvalue weighted by molar-refractivity contribution is -0.117. The first kappa shape index (κ1) is 17.0. The van der Waals surface area contributed by atoms with Gasteiger partial charge in [-0.2, -0.15) is 0 Å². The van der Waals surface area contributed by atoms with Crippen molar-refractivity contribution in [2.45, 2.75) is 31.5 Å². The van der Waals surface area contributed by atoms with Crippen LogP contribution in [0.1, 0.15) is 25.3 Å². The summed E-state index contributed by atoms with van der Waals surface area (Å²) in [5.74, 6) is 0.0889. The molecule has 0 unspecified atom stereocenters. The molecule has 1 aromatic carbocycles. The second kappa shape index (κ2) is 8.33. The van der Waals surface area contributed by atoms with Crippen LogP contribution in [0.15, 0.2) is 40.0 Å². The number of amides is 3. The average molecular weight is 334 g/mol. The van der Waals surface area contributed by atoms with Crippen molar-refractivity contribution in [3.63, 3.8) is 0 Å². The molecule has 0 aliphatic rings. The summed E-state index contributed by atoms with van der Waals surface area (Å²) in [5.41, 5.74) is 1.07. The van der Waals surface area contributed by atoms with Gasteiger partial charge in [0.1, 0.15) is 0 Å². The van der Waals surface area contributed by atoms with E-state index in [1.165, 1.54) is 0 Å². The van der Waals surface area contributed by atoms with Crippen molar-refractivity contribution in [3.05, 3.63) is 41.8 Å². The van der Waals surface area contributed by atoms with Crippen LogP contribution in [0.5, 0.6) is 0 Å². The SMILES string of the molecule is CC(C)NC(=O)NC(=O)CSc1nnc(Cc2ccccc2)o1. The molecule has 7 nitrogen and oxygen atoms in total. The Kier molecular flexibility index (Phi) is 6.16. The fourth-order valence-corrected chi connectivity index (χ4v) is 2.31. The van der Waals surface area contributed by atoms with E-state index >= 15 is 0 Å². The average Bonchev–Trinajstić information content (AvgIpc) is 2.93. The van der Waals surface area contributed by atoms with Crippen LogP contribution >= 0.6 is 11.8 Å². The number of imide groups is 1. The fraction of sp³-hybridized carbons (Fsp3) is 0.333. The number of carbonyl (C=O) groups is 2. The van der Waals surface area contributed by atoms with E-state index in [1.807, 2.05) is 44.2 Å². The van der Waals surface area contributed by atoms with Crippen LogP contribution in [0, 0.1) is 0 Å². The summed E-state index contributed by atoms with van der Waals surface area (Å²) >= 11 is 1.09. The van der Waals surface area contributed by atoms with Crippen molar-refractivity contribution in [3.8, 4) is 0 Å². The highest BCUT2D eigenvalue weighted by Gasteiger charge is 2.12. The maximum Gasteiger partial charge on any atom is 0.321 e. The molecule has 0 bridgehead atoms. The minimum Gasteiger partial charge on any atom is -0.416 e. The number of rotatable bonds is 6. The zero-order chi connectivity index (χ0) is 16.7. The summed E-state index contributed by atoms with van der Waals surface area (Å²) in [6.07, 6.45) is 0.539. The first-order valence-electron chi connectivity index (χ1n) is 7.12. The Hall–Kier alpha value is -2.35. The van der Waals surface area contributed by atoms with Crippen LogP contribution in [0.3, 0.4) is 0 Å². The number of hydrogen-bond acceptors (Lipinski definition) is 6. The van der Waals surface area contributed by atoms with E-state index in [1.54, 1.807) is 0 Å². The Morgan fingerprint density at radius 1 is 1.22 bits per heavy atom. The number of urea groups is 1. The van der Waals surface area contributed by atoms with E-state index < -0.39 is 11.9 Å². The number of aromatic nitrogens is 2. The standard InChI is InChI=1S/C15H18N4O3S/c1-10(2)16-14(21)17-12(20)9-23-15-19-18-13(22-15)8-11-6-4-3-5-7-11/h3-7,10H,8-9H2,1-2H3,(H2,16,17,20,21). The first-order valence-corrected chi connectivity index (χ1v) is 8.11. The number of carbonyl (C=O) groups excluding carboxylic acids is 2. The molecule has 0 atom stereocenters. The lowest BCUT2D eigenvalue weighted by Crippen LogP contribution is -2.43. The van der Waals surface area contributed by atoms with Crippen LogP contribution in [0.25, 0.3) is 0 Å². The molecule has 0 saturated carbocycles. The minimum atomic E-state index is -0.513. The van der Waals surface area contributed by atoms with Crippen molar-refractivity contribution >= 4 is 23.7 Å². The van der Waals surface area contributed by atoms with Crippen molar-refractivity contribution < 1.29 is 14.0 Å². The van der Waals surface area contributed by atoms with Gasteiger partial charge < -0.3 is 9.73 Å². The molecule has 0 spiro atoms. The molecule has 0 aliphatic carbocycles. The lowest BCUT2D eigenvalue weighted by Gasteiger charge is -2.08. The van der Waals surface area contributed by atoms with Gasteiger partial charge in [0.05, 0.1) is 12.2 Å². The van der Waals surface area contributed by atoms with Crippen molar-refractivity contribution in [1.82, 2.24) is 20.8 Å². The maximum atomic E-state index is 11.6. The molecule has 2 N–H and O–H groups in total. The number of thioether (sulfide) groups is 1. The molecule has 1 aromatic heterocycles. The van der Waals surface area contributed by atoms with Gasteiger partial charge in [-0.05, 0) is 19.4 Å².